The van der Waals surface area contributed by atoms with Crippen LogP contribution in [0.25, 0.3) is 0 Å². The van der Waals surface area contributed by atoms with Gasteiger partial charge >= 0.3 is 0 Å². The molecule has 1 heterocycles. The minimum absolute atomic E-state index is 0.157. The van der Waals surface area contributed by atoms with Gasteiger partial charge in [0, 0.05) is 37.6 Å². The number of nitrogens with zero attached hydrogens (tertiary/aromatic N) is 3. The topological polar surface area (TPSA) is 71.4 Å². The quantitative estimate of drug-likeness (QED) is 0.598. The maximum atomic E-state index is 14.6. The summed E-state index contributed by atoms with van der Waals surface area (Å²) in [7, 11) is 3.11. The number of hydrogen-bond acceptors (Lipinski definition) is 5. The maximum absolute atomic E-state index is 14.6. The van der Waals surface area contributed by atoms with Crippen LogP contribution < -0.4 is 4.74 Å². The molecule has 0 saturated heterocycles. The van der Waals surface area contributed by atoms with Crippen molar-refractivity contribution in [2.45, 2.75) is 25.8 Å². The van der Waals surface area contributed by atoms with Gasteiger partial charge in [0.1, 0.15) is 18.1 Å². The summed E-state index contributed by atoms with van der Waals surface area (Å²) in [6.07, 6.45) is 0.617. The first kappa shape index (κ1) is 23.4. The van der Waals surface area contributed by atoms with E-state index in [0.717, 1.165) is 5.56 Å². The van der Waals surface area contributed by atoms with Gasteiger partial charge in [-0.05, 0) is 18.2 Å². The second kappa shape index (κ2) is 10.9. The molecule has 1 aliphatic heterocycles. The van der Waals surface area contributed by atoms with Crippen LogP contribution in [0.5, 0.6) is 5.75 Å². The summed E-state index contributed by atoms with van der Waals surface area (Å²) >= 11 is 0. The van der Waals surface area contributed by atoms with E-state index in [9.17, 15) is 14.0 Å². The largest absolute Gasteiger partial charge is 0.497 e. The average Bonchev–Trinajstić information content (AvgIpc) is 3.27. The maximum Gasteiger partial charge on any atom is 0.262 e. The van der Waals surface area contributed by atoms with Crippen LogP contribution in [-0.2, 0) is 14.3 Å². The Hall–Kier alpha value is -3.26. The zero-order chi connectivity index (χ0) is 23.1. The van der Waals surface area contributed by atoms with Crippen molar-refractivity contribution in [2.75, 3.05) is 33.9 Å². The van der Waals surface area contributed by atoms with Crippen LogP contribution in [-0.4, -0.2) is 61.4 Å². The molecule has 2 aromatic rings. The van der Waals surface area contributed by atoms with E-state index in [0.29, 0.717) is 36.6 Å². The molecule has 0 saturated carbocycles. The first-order valence-corrected chi connectivity index (χ1v) is 10.5. The van der Waals surface area contributed by atoms with Crippen molar-refractivity contribution in [2.24, 2.45) is 5.10 Å². The number of halogens is 1. The van der Waals surface area contributed by atoms with Gasteiger partial charge in [0.2, 0.25) is 5.91 Å². The van der Waals surface area contributed by atoms with Crippen molar-refractivity contribution >= 4 is 17.5 Å². The Labute approximate surface area is 187 Å². The molecule has 3 rings (SSSR count). The zero-order valence-electron chi connectivity index (χ0n) is 18.6. The second-order valence-electron chi connectivity index (χ2n) is 7.42. The molecule has 170 valence electrons. The number of hydrogen-bond donors (Lipinski definition) is 0. The van der Waals surface area contributed by atoms with Crippen LogP contribution in [0.3, 0.4) is 0 Å². The van der Waals surface area contributed by atoms with Crippen molar-refractivity contribution < 1.29 is 23.5 Å². The van der Waals surface area contributed by atoms with Crippen molar-refractivity contribution in [3.05, 3.63) is 65.5 Å². The van der Waals surface area contributed by atoms with E-state index in [1.54, 1.807) is 32.2 Å². The van der Waals surface area contributed by atoms with Crippen molar-refractivity contribution in [1.29, 1.82) is 0 Å². The van der Waals surface area contributed by atoms with E-state index < -0.39 is 11.9 Å². The summed E-state index contributed by atoms with van der Waals surface area (Å²) in [4.78, 5) is 27.0. The summed E-state index contributed by atoms with van der Waals surface area (Å²) in [5.41, 5.74) is 1.82. The molecule has 0 unspecified atom stereocenters. The molecule has 7 nitrogen and oxygen atoms in total. The number of carbonyl (C=O) groups excluding carboxylic acids is 2. The van der Waals surface area contributed by atoms with Crippen molar-refractivity contribution in [1.82, 2.24) is 9.91 Å². The highest BCUT2D eigenvalue weighted by Crippen LogP contribution is 2.34. The van der Waals surface area contributed by atoms with Gasteiger partial charge in [-0.25, -0.2) is 9.40 Å². The summed E-state index contributed by atoms with van der Waals surface area (Å²) in [6, 6.07) is 13.1. The third-order valence-electron chi connectivity index (χ3n) is 5.38. The van der Waals surface area contributed by atoms with Gasteiger partial charge in [0.05, 0.1) is 25.5 Å². The molecule has 8 heteroatoms. The Kier molecular flexibility index (Phi) is 7.94. The van der Waals surface area contributed by atoms with Gasteiger partial charge < -0.3 is 14.4 Å². The molecule has 32 heavy (non-hydrogen) atoms. The normalized spacial score (nSPS) is 15.4. The van der Waals surface area contributed by atoms with Crippen LogP contribution >= 0.6 is 0 Å². The molecule has 0 radical (unpaired) electrons. The van der Waals surface area contributed by atoms with E-state index in [1.165, 1.54) is 23.1 Å². The molecule has 0 fully saturated rings. The molecule has 1 aliphatic rings. The first-order valence-electron chi connectivity index (χ1n) is 10.5. The highest BCUT2D eigenvalue weighted by Gasteiger charge is 2.35. The van der Waals surface area contributed by atoms with Gasteiger partial charge in [-0.1, -0.05) is 37.3 Å². The van der Waals surface area contributed by atoms with Crippen LogP contribution in [0.15, 0.2) is 53.6 Å². The van der Waals surface area contributed by atoms with Crippen LogP contribution in [0.1, 0.15) is 36.9 Å². The zero-order valence-corrected chi connectivity index (χ0v) is 18.6. The SMILES string of the molecule is CCC(=O)N(CCOC)CC(=O)N1N=C(c2cccc(OC)c2)C[C@@H]1c1ccccc1F. The summed E-state index contributed by atoms with van der Waals surface area (Å²) in [5, 5.41) is 5.86. The standard InChI is InChI=1S/C24H28FN3O4/c1-4-23(29)27(12-13-31-2)16-24(30)28-22(19-10-5-6-11-20(19)25)15-21(26-28)17-8-7-9-18(14-17)32-3/h5-11,14,22H,4,12-13,15-16H2,1-3H3/t22-/m1/s1. The highest BCUT2D eigenvalue weighted by molar-refractivity contribution is 6.03. The van der Waals surface area contributed by atoms with E-state index in [-0.39, 0.29) is 24.8 Å². The smallest absolute Gasteiger partial charge is 0.262 e. The number of amides is 2. The van der Waals surface area contributed by atoms with E-state index in [2.05, 4.69) is 5.10 Å². The van der Waals surface area contributed by atoms with E-state index >= 15 is 0 Å². The number of benzene rings is 2. The lowest BCUT2D eigenvalue weighted by Crippen LogP contribution is -2.42. The monoisotopic (exact) mass is 441 g/mol. The number of carbonyl (C=O) groups is 2. The first-order chi connectivity index (χ1) is 15.5. The fourth-order valence-electron chi connectivity index (χ4n) is 3.66. The minimum atomic E-state index is -0.606. The van der Waals surface area contributed by atoms with Gasteiger partial charge in [-0.15, -0.1) is 0 Å². The third-order valence-corrected chi connectivity index (χ3v) is 5.38. The van der Waals surface area contributed by atoms with Gasteiger partial charge in [0.15, 0.2) is 0 Å². The summed E-state index contributed by atoms with van der Waals surface area (Å²) in [5.74, 6) is -0.280. The molecule has 0 aliphatic carbocycles. The lowest BCUT2D eigenvalue weighted by molar-refractivity contribution is -0.142. The van der Waals surface area contributed by atoms with Crippen LogP contribution in [0.2, 0.25) is 0 Å². The Morgan fingerprint density at radius 2 is 1.97 bits per heavy atom. The fourth-order valence-corrected chi connectivity index (χ4v) is 3.66. The van der Waals surface area contributed by atoms with Crippen molar-refractivity contribution in [3.8, 4) is 5.75 Å². The lowest BCUT2D eigenvalue weighted by atomic mass is 9.98. The third kappa shape index (κ3) is 5.31. The number of methoxy groups -OCH3 is 2. The Morgan fingerprint density at radius 1 is 1.19 bits per heavy atom. The number of hydrazone groups is 1. The molecule has 2 aromatic carbocycles. The highest BCUT2D eigenvalue weighted by atomic mass is 19.1. The minimum Gasteiger partial charge on any atom is -0.497 e. The molecular weight excluding hydrogens is 413 g/mol. The average molecular weight is 442 g/mol. The van der Waals surface area contributed by atoms with Gasteiger partial charge in [-0.3, -0.25) is 9.59 Å². The van der Waals surface area contributed by atoms with Crippen LogP contribution in [0, 0.1) is 5.82 Å². The lowest BCUT2D eigenvalue weighted by Gasteiger charge is -2.27. The molecule has 0 aromatic heterocycles. The van der Waals surface area contributed by atoms with Gasteiger partial charge in [-0.2, -0.15) is 5.10 Å². The summed E-state index contributed by atoms with van der Waals surface area (Å²) in [6.45, 7) is 2.19. The molecular formula is C24H28FN3O4. The molecule has 1 atom stereocenters. The number of ether oxygens (including phenoxy) is 2. The van der Waals surface area contributed by atoms with Crippen molar-refractivity contribution in [3.63, 3.8) is 0 Å². The Bertz CT molecular complexity index is 995. The molecule has 0 N–H and O–H groups in total. The van der Waals surface area contributed by atoms with Gasteiger partial charge in [0.25, 0.3) is 5.91 Å². The van der Waals surface area contributed by atoms with Crippen LogP contribution in [0.4, 0.5) is 4.39 Å². The predicted octanol–water partition coefficient (Wildman–Crippen LogP) is 3.40. The van der Waals surface area contributed by atoms with E-state index in [4.69, 9.17) is 9.47 Å². The Balaban J connectivity index is 1.93. The fraction of sp³-hybridized carbons (Fsp3) is 0.375. The number of rotatable bonds is 9. The molecule has 2 amide bonds. The second-order valence-corrected chi connectivity index (χ2v) is 7.42. The Morgan fingerprint density at radius 3 is 2.66 bits per heavy atom. The molecule has 0 spiro atoms. The predicted molar refractivity (Wildman–Crippen MR) is 119 cm³/mol. The van der Waals surface area contributed by atoms with E-state index in [1.807, 2.05) is 24.3 Å². The molecule has 0 bridgehead atoms. The summed E-state index contributed by atoms with van der Waals surface area (Å²) < 4.78 is 25.0.